The van der Waals surface area contributed by atoms with Crippen molar-refractivity contribution in [2.24, 2.45) is 36.1 Å². The van der Waals surface area contributed by atoms with Crippen molar-refractivity contribution in [2.45, 2.75) is 78.7 Å². The molecule has 2 aliphatic carbocycles. The van der Waals surface area contributed by atoms with Crippen LogP contribution in [0.3, 0.4) is 0 Å². The first kappa shape index (κ1) is 24.3. The second-order valence-corrected chi connectivity index (χ2v) is 11.8. The molecule has 1 amide bonds. The summed E-state index contributed by atoms with van der Waals surface area (Å²) in [6, 6.07) is 3.87. The smallest absolute Gasteiger partial charge is 0.233 e. The largest absolute Gasteiger partial charge is 0.473 e. The quantitative estimate of drug-likeness (QED) is 0.562. The van der Waals surface area contributed by atoms with Crippen molar-refractivity contribution in [1.82, 2.24) is 24.9 Å². The first-order valence-electron chi connectivity index (χ1n) is 13.6. The maximum absolute atomic E-state index is 13.8. The zero-order valence-electron chi connectivity index (χ0n) is 22.0. The van der Waals surface area contributed by atoms with E-state index in [2.05, 4.69) is 41.0 Å². The summed E-state index contributed by atoms with van der Waals surface area (Å²) in [6.07, 6.45) is 9.68. The van der Waals surface area contributed by atoms with E-state index in [4.69, 9.17) is 4.74 Å². The van der Waals surface area contributed by atoms with Crippen LogP contribution in [0, 0.1) is 36.0 Å². The first-order chi connectivity index (χ1) is 16.8. The molecular formula is C28H41N5O2. The summed E-state index contributed by atoms with van der Waals surface area (Å²) in [4.78, 5) is 16.1. The molecular weight excluding hydrogens is 438 g/mol. The SMILES string of the molecule is CCC1(C(=O)N2C[C@H]3CC(Oc4ccc(-c5cn(C)nc5C)nn4)C[C@H]3C2)CC(C)CCC(C)C1. The van der Waals surface area contributed by atoms with Crippen LogP contribution in [0.2, 0.25) is 0 Å². The number of rotatable bonds is 5. The number of amides is 1. The highest BCUT2D eigenvalue weighted by Crippen LogP contribution is 2.47. The van der Waals surface area contributed by atoms with Crippen molar-refractivity contribution in [3.63, 3.8) is 0 Å². The number of carbonyl (C=O) groups excluding carboxylic acids is 1. The molecule has 7 nitrogen and oxygen atoms in total. The van der Waals surface area contributed by atoms with Crippen LogP contribution in [0.15, 0.2) is 18.3 Å². The molecule has 0 spiro atoms. The average Bonchev–Trinajstić information content (AvgIpc) is 3.46. The van der Waals surface area contributed by atoms with E-state index in [0.717, 1.165) is 62.1 Å². The molecule has 3 heterocycles. The Morgan fingerprint density at radius 1 is 1.09 bits per heavy atom. The monoisotopic (exact) mass is 479 g/mol. The zero-order chi connectivity index (χ0) is 24.7. The Balaban J connectivity index is 1.19. The van der Waals surface area contributed by atoms with Gasteiger partial charge < -0.3 is 9.64 Å². The van der Waals surface area contributed by atoms with Gasteiger partial charge in [-0.2, -0.15) is 5.10 Å². The highest BCUT2D eigenvalue weighted by Gasteiger charge is 2.49. The lowest BCUT2D eigenvalue weighted by Gasteiger charge is -2.37. The predicted octanol–water partition coefficient (Wildman–Crippen LogP) is 5.04. The summed E-state index contributed by atoms with van der Waals surface area (Å²) in [5, 5.41) is 13.1. The number of fused-ring (bicyclic) bond motifs is 1. The Morgan fingerprint density at radius 3 is 2.26 bits per heavy atom. The fourth-order valence-corrected chi connectivity index (χ4v) is 7.20. The molecule has 2 aromatic rings. The number of ether oxygens (including phenoxy) is 1. The van der Waals surface area contributed by atoms with Gasteiger partial charge in [-0.05, 0) is 68.8 Å². The van der Waals surface area contributed by atoms with Crippen LogP contribution in [0.5, 0.6) is 5.88 Å². The van der Waals surface area contributed by atoms with Crippen molar-refractivity contribution >= 4 is 5.91 Å². The standard InChI is InChI=1S/C28H41N5O2/c1-6-28(13-18(2)7-8-19(3)14-28)27(34)33-15-21-11-23(12-22(21)16-33)35-26-10-9-25(29-30-26)24-17-32(5)31-20(24)4/h9-10,17-19,21-23H,6-8,11-16H2,1-5H3/t18?,19?,21-,22+,23?,28?. The summed E-state index contributed by atoms with van der Waals surface area (Å²) in [5.41, 5.74) is 2.59. The molecule has 7 heteroatoms. The van der Waals surface area contributed by atoms with Crippen LogP contribution in [0.1, 0.15) is 71.4 Å². The van der Waals surface area contributed by atoms with Gasteiger partial charge >= 0.3 is 0 Å². The minimum Gasteiger partial charge on any atom is -0.473 e. The minimum atomic E-state index is -0.159. The van der Waals surface area contributed by atoms with Crippen LogP contribution < -0.4 is 4.74 Å². The fraction of sp³-hybridized carbons (Fsp3) is 0.714. The Bertz CT molecular complexity index is 1020. The number of hydrogen-bond acceptors (Lipinski definition) is 5. The normalized spacial score (nSPS) is 32.9. The van der Waals surface area contributed by atoms with E-state index >= 15 is 0 Å². The van der Waals surface area contributed by atoms with Crippen molar-refractivity contribution in [3.8, 4) is 17.1 Å². The third-order valence-electron chi connectivity index (χ3n) is 8.97. The molecule has 1 saturated heterocycles. The van der Waals surface area contributed by atoms with E-state index in [-0.39, 0.29) is 11.5 Å². The van der Waals surface area contributed by atoms with Crippen molar-refractivity contribution in [3.05, 3.63) is 24.0 Å². The highest BCUT2D eigenvalue weighted by molar-refractivity contribution is 5.83. The van der Waals surface area contributed by atoms with E-state index in [1.54, 1.807) is 4.68 Å². The average molecular weight is 480 g/mol. The van der Waals surface area contributed by atoms with Gasteiger partial charge in [0.05, 0.1) is 11.4 Å². The van der Waals surface area contributed by atoms with Crippen LogP contribution in [-0.4, -0.2) is 50.0 Å². The Hall–Kier alpha value is -2.44. The second kappa shape index (κ2) is 9.55. The number of hydrogen-bond donors (Lipinski definition) is 0. The molecule has 3 unspecified atom stereocenters. The summed E-state index contributed by atoms with van der Waals surface area (Å²) in [6.45, 7) is 10.7. The molecule has 3 aliphatic rings. The van der Waals surface area contributed by atoms with Crippen molar-refractivity contribution in [1.29, 1.82) is 0 Å². The van der Waals surface area contributed by atoms with E-state index in [1.165, 1.54) is 12.8 Å². The Kier molecular flexibility index (Phi) is 6.62. The number of aryl methyl sites for hydroxylation is 2. The van der Waals surface area contributed by atoms with Gasteiger partial charge in [-0.3, -0.25) is 9.48 Å². The maximum Gasteiger partial charge on any atom is 0.233 e. The molecule has 5 rings (SSSR count). The minimum absolute atomic E-state index is 0.153. The third-order valence-corrected chi connectivity index (χ3v) is 8.97. The van der Waals surface area contributed by atoms with Gasteiger partial charge in [-0.15, -0.1) is 10.2 Å². The van der Waals surface area contributed by atoms with E-state index < -0.39 is 0 Å². The van der Waals surface area contributed by atoms with E-state index in [0.29, 0.717) is 35.5 Å². The summed E-state index contributed by atoms with van der Waals surface area (Å²) in [7, 11) is 1.91. The highest BCUT2D eigenvalue weighted by atomic mass is 16.5. The first-order valence-corrected chi connectivity index (χ1v) is 13.6. The van der Waals surface area contributed by atoms with Gasteiger partial charge in [0.1, 0.15) is 6.10 Å². The molecule has 3 fully saturated rings. The third kappa shape index (κ3) is 4.83. The fourth-order valence-electron chi connectivity index (χ4n) is 7.20. The van der Waals surface area contributed by atoms with E-state index in [9.17, 15) is 4.79 Å². The summed E-state index contributed by atoms with van der Waals surface area (Å²) in [5.74, 6) is 3.35. The predicted molar refractivity (Wildman–Crippen MR) is 136 cm³/mol. The Morgan fingerprint density at radius 2 is 1.74 bits per heavy atom. The van der Waals surface area contributed by atoms with Crippen molar-refractivity contribution in [2.75, 3.05) is 13.1 Å². The molecule has 0 bridgehead atoms. The second-order valence-electron chi connectivity index (χ2n) is 11.8. The lowest BCUT2D eigenvalue weighted by atomic mass is 9.73. The summed E-state index contributed by atoms with van der Waals surface area (Å²) < 4.78 is 8.03. The van der Waals surface area contributed by atoms with Gasteiger partial charge in [-0.1, -0.05) is 33.6 Å². The van der Waals surface area contributed by atoms with Gasteiger partial charge in [-0.25, -0.2) is 0 Å². The molecule has 1 aliphatic heterocycles. The van der Waals surface area contributed by atoms with Crippen LogP contribution in [0.4, 0.5) is 0 Å². The van der Waals surface area contributed by atoms with Gasteiger partial charge in [0.25, 0.3) is 0 Å². The number of likely N-dealkylation sites (tertiary alicyclic amines) is 1. The van der Waals surface area contributed by atoms with Crippen LogP contribution in [0.25, 0.3) is 11.3 Å². The zero-order valence-corrected chi connectivity index (χ0v) is 22.0. The number of carbonyl (C=O) groups is 1. The van der Waals surface area contributed by atoms with Gasteiger partial charge in [0, 0.05) is 43.4 Å². The lowest BCUT2D eigenvalue weighted by Crippen LogP contribution is -2.44. The molecule has 0 aromatic carbocycles. The number of nitrogens with zero attached hydrogens (tertiary/aromatic N) is 5. The Labute approximate surface area is 209 Å². The maximum atomic E-state index is 13.8. The molecule has 190 valence electrons. The summed E-state index contributed by atoms with van der Waals surface area (Å²) >= 11 is 0. The van der Waals surface area contributed by atoms with Crippen molar-refractivity contribution < 1.29 is 9.53 Å². The topological polar surface area (TPSA) is 73.1 Å². The van der Waals surface area contributed by atoms with E-state index in [1.807, 2.05) is 32.3 Å². The van der Waals surface area contributed by atoms with Crippen LogP contribution in [-0.2, 0) is 11.8 Å². The molecule has 2 aromatic heterocycles. The molecule has 0 radical (unpaired) electrons. The molecule has 0 N–H and O–H groups in total. The molecule has 5 atom stereocenters. The molecule has 2 saturated carbocycles. The number of aromatic nitrogens is 4. The van der Waals surface area contributed by atoms with Crippen LogP contribution >= 0.6 is 0 Å². The van der Waals surface area contributed by atoms with Gasteiger partial charge in [0.15, 0.2) is 0 Å². The lowest BCUT2D eigenvalue weighted by molar-refractivity contribution is -0.143. The van der Waals surface area contributed by atoms with Gasteiger partial charge in [0.2, 0.25) is 11.8 Å². The molecule has 35 heavy (non-hydrogen) atoms.